The van der Waals surface area contributed by atoms with Gasteiger partial charge in [0.05, 0.1) is 22.9 Å². The number of carbonyl (C=O) groups is 2. The number of β-lactam (4-membered cyclic amide) rings is 1. The average molecular weight is 486 g/mol. The highest BCUT2D eigenvalue weighted by molar-refractivity contribution is 7.98. The zero-order valence-corrected chi connectivity index (χ0v) is 20.1. The highest BCUT2D eigenvalue weighted by Gasteiger charge is 2.60. The largest absolute Gasteiger partial charge is 0.477 e. The number of aliphatic hydroxyl groups excluding tert-OH is 1. The van der Waals surface area contributed by atoms with Crippen LogP contribution in [-0.2, 0) is 16.1 Å². The molecule has 0 aliphatic carbocycles. The second-order valence-corrected chi connectivity index (χ2v) is 10.5. The van der Waals surface area contributed by atoms with Gasteiger partial charge < -0.3 is 20.8 Å². The Kier molecular flexibility index (Phi) is 5.26. The summed E-state index contributed by atoms with van der Waals surface area (Å²) in [6.07, 6.45) is 5.15. The fourth-order valence-electron chi connectivity index (χ4n) is 5.16. The lowest BCUT2D eigenvalue weighted by molar-refractivity contribution is -0.721. The molecule has 1 fully saturated rings. The summed E-state index contributed by atoms with van der Waals surface area (Å²) in [5.74, 6) is -2.19. The topological polar surface area (TPSA) is 112 Å². The van der Waals surface area contributed by atoms with Crippen LogP contribution in [0.2, 0.25) is 0 Å². The Hall–Kier alpha value is -2.82. The van der Waals surface area contributed by atoms with E-state index >= 15 is 0 Å². The molecule has 4 atom stereocenters. The molecule has 2 aliphatic heterocycles. The summed E-state index contributed by atoms with van der Waals surface area (Å²) in [4.78, 5) is 28.0. The number of thioether (sulfide) groups is 1. The summed E-state index contributed by atoms with van der Waals surface area (Å²) in [6, 6.07) is 7.47. The smallest absolute Gasteiger partial charge is 0.352 e. The molecule has 2 aliphatic rings. The number of fused-ring (bicyclic) bond motifs is 2. The van der Waals surface area contributed by atoms with Gasteiger partial charge in [-0.1, -0.05) is 42.2 Å². The van der Waals surface area contributed by atoms with Crippen LogP contribution in [0.4, 0.5) is 5.69 Å². The van der Waals surface area contributed by atoms with Crippen molar-refractivity contribution in [1.82, 2.24) is 9.30 Å². The van der Waals surface area contributed by atoms with E-state index in [-0.39, 0.29) is 23.6 Å². The predicted octanol–water partition coefficient (Wildman–Crippen LogP) is 2.29. The maximum Gasteiger partial charge on any atom is 0.352 e. The van der Waals surface area contributed by atoms with Gasteiger partial charge >= 0.3 is 5.97 Å². The van der Waals surface area contributed by atoms with Crippen LogP contribution in [0, 0.1) is 11.8 Å². The number of imidazole rings is 1. The van der Waals surface area contributed by atoms with E-state index in [2.05, 4.69) is 4.57 Å². The number of carboxylic acids is 1. The first-order valence-corrected chi connectivity index (χ1v) is 12.7. The Morgan fingerprint density at radius 3 is 2.79 bits per heavy atom. The van der Waals surface area contributed by atoms with E-state index in [0.29, 0.717) is 12.1 Å². The van der Waals surface area contributed by atoms with Crippen molar-refractivity contribution >= 4 is 51.1 Å². The van der Waals surface area contributed by atoms with Crippen molar-refractivity contribution in [2.24, 2.45) is 11.8 Å². The minimum Gasteiger partial charge on any atom is -0.477 e. The van der Waals surface area contributed by atoms with Gasteiger partial charge in [-0.25, -0.2) is 9.36 Å². The third kappa shape index (κ3) is 3.27. The third-order valence-corrected chi connectivity index (χ3v) is 8.63. The number of benzene rings is 1. The molecular weight excluding hydrogens is 460 g/mol. The van der Waals surface area contributed by atoms with Crippen LogP contribution in [0.1, 0.15) is 24.3 Å². The van der Waals surface area contributed by atoms with E-state index in [9.17, 15) is 19.8 Å². The van der Waals surface area contributed by atoms with Gasteiger partial charge in [0.15, 0.2) is 0 Å². The van der Waals surface area contributed by atoms with Crippen molar-refractivity contribution in [3.63, 3.8) is 0 Å². The van der Waals surface area contributed by atoms with Crippen LogP contribution in [0.15, 0.2) is 47.5 Å². The lowest BCUT2D eigenvalue weighted by atomic mass is 9.77. The quantitative estimate of drug-likeness (QED) is 0.214. The molecular formula is C23H25N4O4S2+. The fourth-order valence-corrected chi connectivity index (χ4v) is 7.33. The molecule has 0 bridgehead atoms. The van der Waals surface area contributed by atoms with E-state index in [0.717, 1.165) is 26.0 Å². The first-order chi connectivity index (χ1) is 15.7. The van der Waals surface area contributed by atoms with E-state index < -0.39 is 18.0 Å². The van der Waals surface area contributed by atoms with Crippen LogP contribution in [0.3, 0.4) is 0 Å². The van der Waals surface area contributed by atoms with Gasteiger partial charge in [-0.2, -0.15) is 4.40 Å². The van der Waals surface area contributed by atoms with Crippen molar-refractivity contribution in [2.45, 2.75) is 37.6 Å². The maximum absolute atomic E-state index is 12.6. The lowest BCUT2D eigenvalue weighted by Crippen LogP contribution is -2.63. The molecule has 0 unspecified atom stereocenters. The Bertz CT molecular complexity index is 1330. The normalized spacial score (nSPS) is 23.2. The van der Waals surface area contributed by atoms with Gasteiger partial charge in [-0.15, -0.1) is 0 Å². The fraction of sp³-hybridized carbons (Fsp3) is 0.348. The average Bonchev–Trinajstić information content (AvgIpc) is 3.35. The van der Waals surface area contributed by atoms with Crippen molar-refractivity contribution < 1.29 is 24.4 Å². The van der Waals surface area contributed by atoms with Crippen molar-refractivity contribution in [2.75, 3.05) is 12.0 Å². The molecule has 1 amide bonds. The van der Waals surface area contributed by atoms with Gasteiger partial charge in [0.1, 0.15) is 18.4 Å². The number of nitrogen functional groups attached to an aromatic ring is 1. The van der Waals surface area contributed by atoms with Crippen LogP contribution in [-0.4, -0.2) is 49.8 Å². The summed E-state index contributed by atoms with van der Waals surface area (Å²) in [5, 5.41) is 21.1. The minimum absolute atomic E-state index is 0.0391. The van der Waals surface area contributed by atoms with Crippen molar-refractivity contribution in [3.05, 3.63) is 52.9 Å². The van der Waals surface area contributed by atoms with E-state index in [4.69, 9.17) is 5.73 Å². The number of aromatic nitrogens is 2. The first kappa shape index (κ1) is 22.0. The minimum atomic E-state index is -1.11. The second kappa shape index (κ2) is 7.89. The van der Waals surface area contributed by atoms with E-state index in [1.165, 1.54) is 16.2 Å². The lowest BCUT2D eigenvalue weighted by Gasteiger charge is -2.46. The predicted molar refractivity (Wildman–Crippen MR) is 127 cm³/mol. The standard InChI is InChI=1S/C23H24N4O4S2/c1-11-16(19(23(30)31)27-18(11)17(12(2)28)20(27)29)15-9-26-10-25(21(32-3)22(26)33-15)8-13-5-4-6-14(24)7-13/h4-7,9-12,17-18,28H,8,24H2,1-3H3/p+1/t11-,12+,17+,18+/m0/s1. The summed E-state index contributed by atoms with van der Waals surface area (Å²) in [5.41, 5.74) is 8.45. The molecule has 0 radical (unpaired) electrons. The maximum atomic E-state index is 12.6. The number of hydrogen-bond acceptors (Lipinski definition) is 6. The van der Waals surface area contributed by atoms with Gasteiger partial charge in [-0.3, -0.25) is 4.79 Å². The molecule has 3 aromatic rings. The number of nitrogens with zero attached hydrogens (tertiary/aromatic N) is 3. The number of rotatable bonds is 6. The van der Waals surface area contributed by atoms with E-state index in [1.54, 1.807) is 18.7 Å². The number of thiazole rings is 1. The number of anilines is 1. The van der Waals surface area contributed by atoms with Crippen molar-refractivity contribution in [3.8, 4) is 0 Å². The van der Waals surface area contributed by atoms with Crippen LogP contribution in [0.25, 0.3) is 10.4 Å². The molecule has 172 valence electrons. The molecule has 0 saturated carbocycles. The highest BCUT2D eigenvalue weighted by Crippen LogP contribution is 2.51. The molecule has 2 aromatic heterocycles. The Labute approximate surface area is 198 Å². The molecule has 1 aromatic carbocycles. The number of hydrogen-bond donors (Lipinski definition) is 3. The molecule has 33 heavy (non-hydrogen) atoms. The number of amides is 1. The number of carboxylic acid groups (broad SMARTS) is 1. The zero-order chi connectivity index (χ0) is 23.6. The molecule has 8 nitrogen and oxygen atoms in total. The first-order valence-electron chi connectivity index (χ1n) is 10.6. The molecule has 0 spiro atoms. The second-order valence-electron chi connectivity index (χ2n) is 8.63. The highest BCUT2D eigenvalue weighted by atomic mass is 32.2. The third-order valence-electron chi connectivity index (χ3n) is 6.54. The summed E-state index contributed by atoms with van der Waals surface area (Å²) >= 11 is 3.15. The molecule has 5 rings (SSSR count). The Balaban J connectivity index is 1.56. The van der Waals surface area contributed by atoms with Gasteiger partial charge in [0.25, 0.3) is 6.33 Å². The number of carbonyl (C=O) groups excluding carboxylic acids is 1. The van der Waals surface area contributed by atoms with Gasteiger partial charge in [0.2, 0.25) is 15.8 Å². The van der Waals surface area contributed by atoms with Gasteiger partial charge in [0, 0.05) is 17.2 Å². The molecule has 1 saturated heterocycles. The summed E-state index contributed by atoms with van der Waals surface area (Å²) in [6.45, 7) is 4.20. The van der Waals surface area contributed by atoms with Crippen LogP contribution >= 0.6 is 23.1 Å². The monoisotopic (exact) mass is 485 g/mol. The molecule has 4 N–H and O–H groups in total. The number of aliphatic carboxylic acids is 1. The van der Waals surface area contributed by atoms with Gasteiger partial charge in [-0.05, 0) is 30.9 Å². The zero-order valence-electron chi connectivity index (χ0n) is 18.4. The van der Waals surface area contributed by atoms with E-state index in [1.807, 2.05) is 54.4 Å². The number of nitrogens with two attached hydrogens (primary N) is 1. The summed E-state index contributed by atoms with van der Waals surface area (Å²) < 4.78 is 4.17. The number of aliphatic hydroxyl groups is 1. The van der Waals surface area contributed by atoms with Crippen LogP contribution < -0.4 is 10.3 Å². The van der Waals surface area contributed by atoms with Crippen molar-refractivity contribution in [1.29, 1.82) is 0 Å². The Morgan fingerprint density at radius 1 is 1.39 bits per heavy atom. The SMILES string of the molecule is CSc1c2sc(C3=C(C(=O)O)N4C(=O)[C@H]([C@@H](C)O)[C@H]4[C@H]3C)cn2c[n+]1Cc1cccc(N)c1. The molecule has 4 heterocycles. The summed E-state index contributed by atoms with van der Waals surface area (Å²) in [7, 11) is 0. The van der Waals surface area contributed by atoms with Crippen LogP contribution in [0.5, 0.6) is 0 Å². The molecule has 10 heteroatoms. The Morgan fingerprint density at radius 2 is 2.15 bits per heavy atom.